The summed E-state index contributed by atoms with van der Waals surface area (Å²) >= 11 is 7.44. The lowest BCUT2D eigenvalue weighted by Gasteiger charge is -2.23. The molecule has 1 saturated heterocycles. The van der Waals surface area contributed by atoms with Crippen molar-refractivity contribution in [1.82, 2.24) is 15.6 Å². The maximum absolute atomic E-state index is 12.5. The maximum atomic E-state index is 12.5. The van der Waals surface area contributed by atoms with E-state index in [0.717, 1.165) is 16.5 Å². The van der Waals surface area contributed by atoms with Gasteiger partial charge in [-0.2, -0.15) is 0 Å². The third-order valence-electron chi connectivity index (χ3n) is 4.99. The van der Waals surface area contributed by atoms with Crippen LogP contribution < -0.4 is 16.0 Å². The van der Waals surface area contributed by atoms with E-state index >= 15 is 0 Å². The van der Waals surface area contributed by atoms with E-state index in [0.29, 0.717) is 26.5 Å². The van der Waals surface area contributed by atoms with Crippen molar-refractivity contribution >= 4 is 74.8 Å². The molecule has 1 aliphatic rings. The Balaban J connectivity index is 1.53. The summed E-state index contributed by atoms with van der Waals surface area (Å²) in [7, 11) is 0. The van der Waals surface area contributed by atoms with Crippen LogP contribution in [-0.2, 0) is 9.59 Å². The Morgan fingerprint density at radius 3 is 2.77 bits per heavy atom. The predicted molar refractivity (Wildman–Crippen MR) is 138 cm³/mol. The Morgan fingerprint density at radius 2 is 2.00 bits per heavy atom. The summed E-state index contributed by atoms with van der Waals surface area (Å²) in [5.41, 5.74) is 1.06. The minimum atomic E-state index is -1.36. The molecule has 1 aliphatic heterocycles. The molecule has 11 heteroatoms. The number of hydrogen-bond donors (Lipinski definition) is 4. The first-order chi connectivity index (χ1) is 16.6. The molecule has 178 valence electrons. The molecule has 0 unspecified atom stereocenters. The monoisotopic (exact) mass is 509 g/mol. The van der Waals surface area contributed by atoms with Crippen molar-refractivity contribution in [2.45, 2.75) is 19.4 Å². The van der Waals surface area contributed by atoms with Gasteiger partial charge < -0.3 is 21.1 Å². The van der Waals surface area contributed by atoms with Crippen molar-refractivity contribution < 1.29 is 19.5 Å². The summed E-state index contributed by atoms with van der Waals surface area (Å²) in [5.74, 6) is -0.845. The number of rotatable bonds is 5. The molecule has 0 radical (unpaired) electrons. The minimum absolute atomic E-state index is 0.290. The van der Waals surface area contributed by atoms with Gasteiger partial charge in [0, 0.05) is 17.3 Å². The molecule has 0 spiro atoms. The summed E-state index contributed by atoms with van der Waals surface area (Å²) in [6.07, 6.45) is 2.18. The van der Waals surface area contributed by atoms with Gasteiger partial charge in [0.25, 0.3) is 5.91 Å². The number of benzene rings is 2. The van der Waals surface area contributed by atoms with Crippen LogP contribution in [0.3, 0.4) is 0 Å². The molecule has 3 aromatic rings. The largest absolute Gasteiger partial charge is 0.465 e. The quantitative estimate of drug-likeness (QED) is 0.366. The van der Waals surface area contributed by atoms with E-state index < -0.39 is 17.5 Å². The van der Waals surface area contributed by atoms with Crippen molar-refractivity contribution in [3.63, 3.8) is 0 Å². The van der Waals surface area contributed by atoms with E-state index in [1.54, 1.807) is 24.4 Å². The number of carbonyl (C=O) groups excluding carboxylic acids is 2. The van der Waals surface area contributed by atoms with Crippen LogP contribution in [-0.4, -0.2) is 38.7 Å². The second-order valence-corrected chi connectivity index (χ2v) is 9.55. The molecule has 0 atom stereocenters. The summed E-state index contributed by atoms with van der Waals surface area (Å²) < 4.78 is 0. The summed E-state index contributed by atoms with van der Waals surface area (Å²) in [5, 5.41) is 18.0. The zero-order valence-corrected chi connectivity index (χ0v) is 20.2. The Hall–Kier alpha value is -3.89. The Kier molecular flexibility index (Phi) is 6.77. The number of anilines is 1. The number of aliphatic imine (C=N–C) groups is 1. The molecule has 0 saturated carbocycles. The van der Waals surface area contributed by atoms with Gasteiger partial charge >= 0.3 is 6.09 Å². The van der Waals surface area contributed by atoms with Crippen LogP contribution in [0.1, 0.15) is 19.4 Å². The number of aromatic nitrogens is 1. The molecular weight excluding hydrogens is 490 g/mol. The van der Waals surface area contributed by atoms with Crippen LogP contribution in [0.4, 0.5) is 16.2 Å². The highest BCUT2D eigenvalue weighted by atomic mass is 35.5. The first-order valence-corrected chi connectivity index (χ1v) is 11.6. The normalized spacial score (nSPS) is 15.9. The number of pyridine rings is 1. The van der Waals surface area contributed by atoms with E-state index in [1.165, 1.54) is 31.7 Å². The Morgan fingerprint density at radius 1 is 1.20 bits per heavy atom. The summed E-state index contributed by atoms with van der Waals surface area (Å²) in [4.78, 5) is 45.1. The van der Waals surface area contributed by atoms with E-state index in [-0.39, 0.29) is 5.91 Å². The van der Waals surface area contributed by atoms with Crippen LogP contribution in [0.5, 0.6) is 0 Å². The number of amides is 3. The van der Waals surface area contributed by atoms with Crippen molar-refractivity contribution in [1.29, 1.82) is 0 Å². The molecule has 1 aromatic heterocycles. The molecule has 2 aromatic carbocycles. The molecule has 2 heterocycles. The second kappa shape index (κ2) is 9.77. The number of nitrogens with zero attached hydrogens (tertiary/aromatic N) is 2. The lowest BCUT2D eigenvalue weighted by atomic mass is 10.0. The van der Waals surface area contributed by atoms with Crippen molar-refractivity contribution in [3.8, 4) is 0 Å². The van der Waals surface area contributed by atoms with Gasteiger partial charge in [-0.25, -0.2) is 9.79 Å². The lowest BCUT2D eigenvalue weighted by molar-refractivity contribution is -0.121. The molecular formula is C24H20ClN5O4S. The van der Waals surface area contributed by atoms with Crippen molar-refractivity contribution in [2.24, 2.45) is 4.99 Å². The average molecular weight is 510 g/mol. The third-order valence-corrected chi connectivity index (χ3v) is 6.22. The number of amidine groups is 1. The molecule has 0 bridgehead atoms. The van der Waals surface area contributed by atoms with Crippen LogP contribution in [0.2, 0.25) is 5.02 Å². The van der Waals surface area contributed by atoms with Gasteiger partial charge in [0.2, 0.25) is 5.91 Å². The van der Waals surface area contributed by atoms with Crippen LogP contribution in [0, 0.1) is 0 Å². The zero-order valence-electron chi connectivity index (χ0n) is 18.6. The van der Waals surface area contributed by atoms with Gasteiger partial charge in [-0.05, 0) is 73.6 Å². The standard InChI is InChI=1S/C24H20ClN5O4S/c1-24(2,30-23(33)34)21(32)27-15-6-7-16(25)18(12-15)28-22-29-20(31)19(35-22)11-13-5-8-17-14(10-13)4-3-9-26-17/h3-12,30H,1-2H3,(H,27,32)(H,33,34)(H,28,29,31)/b19-11-. The van der Waals surface area contributed by atoms with Gasteiger partial charge in [0.05, 0.1) is 21.1 Å². The van der Waals surface area contributed by atoms with Crippen LogP contribution in [0.15, 0.2) is 64.6 Å². The lowest BCUT2D eigenvalue weighted by Crippen LogP contribution is -2.51. The topological polar surface area (TPSA) is 133 Å². The molecule has 4 rings (SSSR count). The molecule has 4 N–H and O–H groups in total. The van der Waals surface area contributed by atoms with E-state index in [1.807, 2.05) is 30.3 Å². The SMILES string of the molecule is CC(C)(NC(=O)O)C(=O)Nc1ccc(Cl)c(N=C2NC(=O)/C(=C/c3ccc4ncccc4c3)S2)c1. The smallest absolute Gasteiger partial charge is 0.405 e. The molecule has 9 nitrogen and oxygen atoms in total. The summed E-state index contributed by atoms with van der Waals surface area (Å²) in [6.45, 7) is 2.89. The van der Waals surface area contributed by atoms with Crippen LogP contribution in [0.25, 0.3) is 17.0 Å². The molecule has 3 amide bonds. The molecule has 0 aliphatic carbocycles. The van der Waals surface area contributed by atoms with Gasteiger partial charge in [-0.15, -0.1) is 0 Å². The second-order valence-electron chi connectivity index (χ2n) is 8.11. The highest BCUT2D eigenvalue weighted by molar-refractivity contribution is 8.18. The Labute approximate surface area is 209 Å². The number of nitrogens with one attached hydrogen (secondary N) is 3. The molecule has 35 heavy (non-hydrogen) atoms. The number of carbonyl (C=O) groups is 3. The minimum Gasteiger partial charge on any atom is -0.465 e. The highest BCUT2D eigenvalue weighted by Crippen LogP contribution is 2.33. The fourth-order valence-electron chi connectivity index (χ4n) is 3.21. The first kappa shape index (κ1) is 24.2. The fraction of sp³-hybridized carbons (Fsp3) is 0.125. The summed E-state index contributed by atoms with van der Waals surface area (Å²) in [6, 6.07) is 14.2. The first-order valence-electron chi connectivity index (χ1n) is 10.4. The average Bonchev–Trinajstić information content (AvgIpc) is 3.13. The maximum Gasteiger partial charge on any atom is 0.405 e. The van der Waals surface area contributed by atoms with E-state index in [2.05, 4.69) is 25.9 Å². The van der Waals surface area contributed by atoms with Gasteiger partial charge in [0.1, 0.15) is 5.54 Å². The van der Waals surface area contributed by atoms with Gasteiger partial charge in [-0.1, -0.05) is 23.7 Å². The van der Waals surface area contributed by atoms with Gasteiger partial charge in [-0.3, -0.25) is 14.6 Å². The molecule has 1 fully saturated rings. The predicted octanol–water partition coefficient (Wildman–Crippen LogP) is 4.76. The number of hydrogen-bond acceptors (Lipinski definition) is 6. The number of carboxylic acid groups (broad SMARTS) is 1. The highest BCUT2D eigenvalue weighted by Gasteiger charge is 2.29. The Bertz CT molecular complexity index is 1420. The number of fused-ring (bicyclic) bond motifs is 1. The third kappa shape index (κ3) is 5.79. The van der Waals surface area contributed by atoms with Crippen molar-refractivity contribution in [2.75, 3.05) is 5.32 Å². The fourth-order valence-corrected chi connectivity index (χ4v) is 4.21. The van der Waals surface area contributed by atoms with Gasteiger partial charge in [0.15, 0.2) is 5.17 Å². The zero-order chi connectivity index (χ0) is 25.2. The number of halogens is 1. The van der Waals surface area contributed by atoms with Crippen LogP contribution >= 0.6 is 23.4 Å². The van der Waals surface area contributed by atoms with E-state index in [4.69, 9.17) is 16.7 Å². The number of thioether (sulfide) groups is 1. The van der Waals surface area contributed by atoms with E-state index in [9.17, 15) is 14.4 Å². The van der Waals surface area contributed by atoms with Crippen molar-refractivity contribution in [3.05, 3.63) is 70.2 Å².